The second-order valence-corrected chi connectivity index (χ2v) is 7.18. The number of amides is 1. The lowest BCUT2D eigenvalue weighted by Gasteiger charge is -2.34. The highest BCUT2D eigenvalue weighted by Gasteiger charge is 2.27. The molecule has 0 N–H and O–H groups in total. The fourth-order valence-electron chi connectivity index (χ4n) is 3.05. The Kier molecular flexibility index (Phi) is 5.04. The number of piperidine rings is 1. The van der Waals surface area contributed by atoms with E-state index in [0.717, 1.165) is 18.8 Å². The molecule has 0 unspecified atom stereocenters. The molecule has 1 aromatic rings. The Morgan fingerprint density at radius 3 is 2.32 bits per heavy atom. The third kappa shape index (κ3) is 3.76. The van der Waals surface area contributed by atoms with Gasteiger partial charge in [0.05, 0.1) is 0 Å². The Morgan fingerprint density at radius 1 is 1.23 bits per heavy atom. The monoisotopic (exact) mass is 304 g/mol. The second-order valence-electron chi connectivity index (χ2n) is 7.18. The summed E-state index contributed by atoms with van der Waals surface area (Å²) in [4.78, 5) is 25.7. The minimum Gasteiger partial charge on any atom is -0.347 e. The van der Waals surface area contributed by atoms with Crippen molar-refractivity contribution < 1.29 is 4.79 Å². The van der Waals surface area contributed by atoms with Crippen LogP contribution in [0.3, 0.4) is 0 Å². The van der Waals surface area contributed by atoms with E-state index in [1.54, 1.807) is 0 Å². The molecule has 0 bridgehead atoms. The molecule has 0 saturated carbocycles. The molecule has 0 aromatic carbocycles. The van der Waals surface area contributed by atoms with Crippen molar-refractivity contribution >= 4 is 11.9 Å². The van der Waals surface area contributed by atoms with Gasteiger partial charge in [-0.25, -0.2) is 9.97 Å². The summed E-state index contributed by atoms with van der Waals surface area (Å²) in [6.45, 7) is 10.2. The van der Waals surface area contributed by atoms with Crippen LogP contribution >= 0.6 is 0 Å². The highest BCUT2D eigenvalue weighted by Crippen LogP contribution is 2.23. The van der Waals surface area contributed by atoms with Crippen molar-refractivity contribution in [2.24, 2.45) is 11.8 Å². The molecule has 1 aromatic heterocycles. The quantitative estimate of drug-likeness (QED) is 0.861. The van der Waals surface area contributed by atoms with E-state index in [4.69, 9.17) is 0 Å². The zero-order valence-corrected chi connectivity index (χ0v) is 14.6. The third-order valence-corrected chi connectivity index (χ3v) is 4.10. The third-order valence-electron chi connectivity index (χ3n) is 4.10. The molecule has 1 aliphatic rings. The first-order chi connectivity index (χ1) is 10.3. The zero-order valence-electron chi connectivity index (χ0n) is 14.6. The summed E-state index contributed by atoms with van der Waals surface area (Å²) in [6, 6.07) is 1.85. The van der Waals surface area contributed by atoms with E-state index in [9.17, 15) is 4.79 Å². The molecule has 0 radical (unpaired) electrons. The first-order valence-electron chi connectivity index (χ1n) is 8.13. The standard InChI is InChI=1S/C17H28N4O/c1-11(2)14-8-15(19-17(18-14)20(5)6)16(22)21-9-12(3)7-13(4)10-21/h8,11-13H,7,9-10H2,1-6H3/t12-,13+. The van der Waals surface area contributed by atoms with Crippen LogP contribution in [-0.2, 0) is 0 Å². The molecule has 2 atom stereocenters. The van der Waals surface area contributed by atoms with Gasteiger partial charge in [-0.15, -0.1) is 0 Å². The van der Waals surface area contributed by atoms with Crippen molar-refractivity contribution in [3.8, 4) is 0 Å². The first kappa shape index (κ1) is 16.7. The van der Waals surface area contributed by atoms with Crippen LogP contribution in [0.4, 0.5) is 5.95 Å². The fourth-order valence-corrected chi connectivity index (χ4v) is 3.05. The summed E-state index contributed by atoms with van der Waals surface area (Å²) in [5.41, 5.74) is 1.43. The fraction of sp³-hybridized carbons (Fsp3) is 0.706. The van der Waals surface area contributed by atoms with E-state index in [0.29, 0.717) is 23.5 Å². The van der Waals surface area contributed by atoms with Crippen molar-refractivity contribution in [2.45, 2.75) is 40.0 Å². The Labute approximate surface area is 133 Å². The predicted octanol–water partition coefficient (Wildman–Crippen LogP) is 2.78. The van der Waals surface area contributed by atoms with E-state index in [1.807, 2.05) is 30.0 Å². The topological polar surface area (TPSA) is 49.3 Å². The van der Waals surface area contributed by atoms with E-state index >= 15 is 0 Å². The molecule has 122 valence electrons. The Bertz CT molecular complexity index is 505. The van der Waals surface area contributed by atoms with Gasteiger partial charge in [0.15, 0.2) is 0 Å². The van der Waals surface area contributed by atoms with E-state index < -0.39 is 0 Å². The van der Waals surface area contributed by atoms with Crippen molar-refractivity contribution in [3.63, 3.8) is 0 Å². The number of anilines is 1. The predicted molar refractivity (Wildman–Crippen MR) is 89.3 cm³/mol. The number of carbonyl (C=O) groups excluding carboxylic acids is 1. The van der Waals surface area contributed by atoms with Gasteiger partial charge in [0, 0.05) is 32.9 Å². The molecule has 1 amide bonds. The van der Waals surface area contributed by atoms with Gasteiger partial charge in [-0.2, -0.15) is 0 Å². The number of hydrogen-bond acceptors (Lipinski definition) is 4. The van der Waals surface area contributed by atoms with Gasteiger partial charge < -0.3 is 9.80 Å². The van der Waals surface area contributed by atoms with Crippen LogP contribution in [0.15, 0.2) is 6.07 Å². The summed E-state index contributed by atoms with van der Waals surface area (Å²) >= 11 is 0. The molecule has 2 rings (SSSR count). The van der Waals surface area contributed by atoms with E-state index in [2.05, 4.69) is 37.7 Å². The maximum Gasteiger partial charge on any atom is 0.272 e. The molecular formula is C17H28N4O. The van der Waals surface area contributed by atoms with Gasteiger partial charge in [-0.1, -0.05) is 27.7 Å². The molecule has 1 aliphatic heterocycles. The van der Waals surface area contributed by atoms with Gasteiger partial charge in [-0.05, 0) is 30.2 Å². The molecular weight excluding hydrogens is 276 g/mol. The molecule has 2 heterocycles. The lowest BCUT2D eigenvalue weighted by Crippen LogP contribution is -2.43. The van der Waals surface area contributed by atoms with E-state index in [1.165, 1.54) is 6.42 Å². The van der Waals surface area contributed by atoms with Crippen molar-refractivity contribution in [1.29, 1.82) is 0 Å². The van der Waals surface area contributed by atoms with Gasteiger partial charge in [0.25, 0.3) is 5.91 Å². The largest absolute Gasteiger partial charge is 0.347 e. The number of carbonyl (C=O) groups is 1. The Hall–Kier alpha value is -1.65. The molecule has 1 fully saturated rings. The molecule has 1 saturated heterocycles. The van der Waals surface area contributed by atoms with Crippen molar-refractivity contribution in [3.05, 3.63) is 17.5 Å². The van der Waals surface area contributed by atoms with Gasteiger partial charge in [0.1, 0.15) is 5.69 Å². The second kappa shape index (κ2) is 6.63. The number of hydrogen-bond donors (Lipinski definition) is 0. The summed E-state index contributed by atoms with van der Waals surface area (Å²) in [5.74, 6) is 2.01. The number of nitrogens with zero attached hydrogens (tertiary/aromatic N) is 4. The van der Waals surface area contributed by atoms with Crippen LogP contribution in [0.2, 0.25) is 0 Å². The van der Waals surface area contributed by atoms with Crippen LogP contribution in [0.1, 0.15) is 56.2 Å². The Morgan fingerprint density at radius 2 is 1.82 bits per heavy atom. The lowest BCUT2D eigenvalue weighted by molar-refractivity contribution is 0.0617. The lowest BCUT2D eigenvalue weighted by atomic mass is 9.91. The highest BCUT2D eigenvalue weighted by atomic mass is 16.2. The summed E-state index contributed by atoms with van der Waals surface area (Å²) in [7, 11) is 3.80. The van der Waals surface area contributed by atoms with Crippen LogP contribution in [0.25, 0.3) is 0 Å². The first-order valence-corrected chi connectivity index (χ1v) is 8.13. The molecule has 22 heavy (non-hydrogen) atoms. The zero-order chi connectivity index (χ0) is 16.4. The van der Waals surface area contributed by atoms with Gasteiger partial charge in [0.2, 0.25) is 5.95 Å². The van der Waals surface area contributed by atoms with Crippen LogP contribution < -0.4 is 4.90 Å². The molecule has 0 spiro atoms. The summed E-state index contributed by atoms with van der Waals surface area (Å²) < 4.78 is 0. The molecule has 5 nitrogen and oxygen atoms in total. The van der Waals surface area contributed by atoms with E-state index in [-0.39, 0.29) is 11.8 Å². The highest BCUT2D eigenvalue weighted by molar-refractivity contribution is 5.92. The normalized spacial score (nSPS) is 22.0. The van der Waals surface area contributed by atoms with Crippen LogP contribution in [0, 0.1) is 11.8 Å². The minimum absolute atomic E-state index is 0.0331. The summed E-state index contributed by atoms with van der Waals surface area (Å²) in [5, 5.41) is 0. The Balaban J connectivity index is 2.32. The number of aromatic nitrogens is 2. The van der Waals surface area contributed by atoms with Gasteiger partial charge in [-0.3, -0.25) is 4.79 Å². The van der Waals surface area contributed by atoms with Crippen LogP contribution in [-0.4, -0.2) is 48.0 Å². The maximum absolute atomic E-state index is 12.9. The van der Waals surface area contributed by atoms with Gasteiger partial charge >= 0.3 is 0 Å². The van der Waals surface area contributed by atoms with Crippen molar-refractivity contribution in [2.75, 3.05) is 32.1 Å². The minimum atomic E-state index is 0.0331. The number of likely N-dealkylation sites (tertiary alicyclic amines) is 1. The summed E-state index contributed by atoms with van der Waals surface area (Å²) in [6.07, 6.45) is 1.19. The average Bonchev–Trinajstić information content (AvgIpc) is 2.44. The SMILES string of the molecule is CC(C)c1cc(C(=O)N2C[C@H](C)C[C@H](C)C2)nc(N(C)C)n1. The molecule has 0 aliphatic carbocycles. The van der Waals surface area contributed by atoms with Crippen LogP contribution in [0.5, 0.6) is 0 Å². The van der Waals surface area contributed by atoms with Crippen molar-refractivity contribution in [1.82, 2.24) is 14.9 Å². The maximum atomic E-state index is 12.9. The average molecular weight is 304 g/mol. The smallest absolute Gasteiger partial charge is 0.272 e. The number of rotatable bonds is 3. The molecule has 5 heteroatoms.